The van der Waals surface area contributed by atoms with E-state index in [0.717, 1.165) is 51.1 Å². The van der Waals surface area contributed by atoms with Crippen molar-refractivity contribution in [1.82, 2.24) is 19.8 Å². The number of piperidine rings is 2. The van der Waals surface area contributed by atoms with Gasteiger partial charge in [-0.05, 0) is 43.4 Å². The predicted molar refractivity (Wildman–Crippen MR) is 111 cm³/mol. The van der Waals surface area contributed by atoms with E-state index in [1.54, 1.807) is 6.33 Å². The second-order valence-electron chi connectivity index (χ2n) is 8.63. The predicted octanol–water partition coefficient (Wildman–Crippen LogP) is 3.42. The first-order valence-corrected chi connectivity index (χ1v) is 10.7. The number of rotatable bonds is 6. The molecule has 0 unspecified atom stereocenters. The molecule has 1 aromatic heterocycles. The molecule has 2 saturated heterocycles. The van der Waals surface area contributed by atoms with Gasteiger partial charge in [0.25, 0.3) is 0 Å². The van der Waals surface area contributed by atoms with E-state index >= 15 is 0 Å². The first kappa shape index (κ1) is 19.2. The van der Waals surface area contributed by atoms with Gasteiger partial charge >= 0.3 is 0 Å². The van der Waals surface area contributed by atoms with Crippen molar-refractivity contribution >= 4 is 5.91 Å². The highest BCUT2D eigenvalue weighted by Gasteiger charge is 2.41. The van der Waals surface area contributed by atoms with Crippen molar-refractivity contribution < 1.29 is 4.79 Å². The van der Waals surface area contributed by atoms with Crippen LogP contribution in [0.4, 0.5) is 0 Å². The molecule has 0 saturated carbocycles. The maximum absolute atomic E-state index is 12.5. The Hall–Kier alpha value is -2.14. The zero-order valence-electron chi connectivity index (χ0n) is 17.0. The minimum atomic E-state index is 0.267. The number of aromatic nitrogens is 2. The Kier molecular flexibility index (Phi) is 5.81. The summed E-state index contributed by atoms with van der Waals surface area (Å²) in [7, 11) is 0. The van der Waals surface area contributed by atoms with Crippen molar-refractivity contribution in [3.8, 4) is 0 Å². The van der Waals surface area contributed by atoms with Crippen molar-refractivity contribution in [1.29, 1.82) is 0 Å². The third kappa shape index (κ3) is 4.46. The van der Waals surface area contributed by atoms with Crippen molar-refractivity contribution in [2.75, 3.05) is 26.2 Å². The van der Waals surface area contributed by atoms with E-state index in [4.69, 9.17) is 0 Å². The number of nitrogens with zero attached hydrogens (tertiary/aromatic N) is 3. The molecule has 4 rings (SSSR count). The van der Waals surface area contributed by atoms with E-state index in [1.807, 2.05) is 6.20 Å². The molecule has 2 aliphatic heterocycles. The number of carbonyl (C=O) groups excluding carboxylic acids is 1. The van der Waals surface area contributed by atoms with Crippen LogP contribution in [-0.4, -0.2) is 51.9 Å². The van der Waals surface area contributed by atoms with Crippen LogP contribution in [0.2, 0.25) is 0 Å². The quantitative estimate of drug-likeness (QED) is 0.835. The lowest BCUT2D eigenvalue weighted by atomic mass is 9.73. The molecule has 3 heterocycles. The standard InChI is InChI=1S/C23H32N4O/c1-2-19-4-6-20(7-5-19)15-26-12-3-10-23(16-26)11-8-22(28)27(17-23)13-9-21-14-24-18-25-21/h4-7,14,18H,2-3,8-13,15-17H2,1H3,(H,24,25)/t23-/m0/s1. The van der Waals surface area contributed by atoms with Gasteiger partial charge in [-0.15, -0.1) is 0 Å². The van der Waals surface area contributed by atoms with E-state index in [0.29, 0.717) is 12.3 Å². The van der Waals surface area contributed by atoms with Crippen LogP contribution in [0, 0.1) is 5.41 Å². The van der Waals surface area contributed by atoms with Crippen LogP contribution < -0.4 is 0 Å². The average Bonchev–Trinajstić information content (AvgIpc) is 3.23. The fraction of sp³-hybridized carbons (Fsp3) is 0.565. The summed E-state index contributed by atoms with van der Waals surface area (Å²) in [6, 6.07) is 9.07. The molecule has 1 spiro atoms. The van der Waals surface area contributed by atoms with Gasteiger partial charge in [-0.1, -0.05) is 31.2 Å². The SMILES string of the molecule is CCc1ccc(CN2CCC[C@]3(CCC(=O)N(CCc4cnc[nH]4)C3)C2)cc1. The Morgan fingerprint density at radius 1 is 1.14 bits per heavy atom. The van der Waals surface area contributed by atoms with Crippen LogP contribution in [0.3, 0.4) is 0 Å². The van der Waals surface area contributed by atoms with Crippen LogP contribution in [-0.2, 0) is 24.2 Å². The number of hydrogen-bond acceptors (Lipinski definition) is 3. The zero-order valence-corrected chi connectivity index (χ0v) is 17.0. The fourth-order valence-electron chi connectivity index (χ4n) is 4.90. The highest BCUT2D eigenvalue weighted by atomic mass is 16.2. The molecular formula is C23H32N4O. The number of aryl methyl sites for hydroxylation is 1. The molecular weight excluding hydrogens is 348 g/mol. The fourth-order valence-corrected chi connectivity index (χ4v) is 4.90. The van der Waals surface area contributed by atoms with E-state index in [2.05, 4.69) is 51.0 Å². The van der Waals surface area contributed by atoms with Gasteiger partial charge in [0, 0.05) is 56.3 Å². The summed E-state index contributed by atoms with van der Waals surface area (Å²) in [6.45, 7) is 7.20. The highest BCUT2D eigenvalue weighted by Crippen LogP contribution is 2.39. The lowest BCUT2D eigenvalue weighted by Crippen LogP contribution is -2.54. The lowest BCUT2D eigenvalue weighted by molar-refractivity contribution is -0.139. The first-order chi connectivity index (χ1) is 13.7. The summed E-state index contributed by atoms with van der Waals surface area (Å²) in [4.78, 5) is 24.4. The molecule has 1 N–H and O–H groups in total. The van der Waals surface area contributed by atoms with E-state index < -0.39 is 0 Å². The second kappa shape index (κ2) is 8.48. The van der Waals surface area contributed by atoms with Crippen LogP contribution in [0.1, 0.15) is 49.4 Å². The van der Waals surface area contributed by atoms with Gasteiger partial charge in [-0.3, -0.25) is 9.69 Å². The normalized spacial score (nSPS) is 23.5. The molecule has 5 nitrogen and oxygen atoms in total. The summed E-state index contributed by atoms with van der Waals surface area (Å²) in [5.74, 6) is 0.317. The Labute approximate surface area is 168 Å². The first-order valence-electron chi connectivity index (χ1n) is 10.7. The van der Waals surface area contributed by atoms with Crippen molar-refractivity contribution in [3.63, 3.8) is 0 Å². The number of imidazole rings is 1. The van der Waals surface area contributed by atoms with Gasteiger partial charge in [0.2, 0.25) is 5.91 Å². The van der Waals surface area contributed by atoms with Crippen molar-refractivity contribution in [3.05, 3.63) is 53.6 Å². The number of nitrogens with one attached hydrogen (secondary N) is 1. The minimum absolute atomic E-state index is 0.267. The van der Waals surface area contributed by atoms with Crippen LogP contribution >= 0.6 is 0 Å². The molecule has 2 fully saturated rings. The molecule has 150 valence electrons. The number of benzene rings is 1. The molecule has 5 heteroatoms. The molecule has 2 aromatic rings. The lowest BCUT2D eigenvalue weighted by Gasteiger charge is -2.48. The number of likely N-dealkylation sites (tertiary alicyclic amines) is 2. The van der Waals surface area contributed by atoms with Crippen molar-refractivity contribution in [2.45, 2.75) is 52.0 Å². The maximum atomic E-state index is 12.5. The summed E-state index contributed by atoms with van der Waals surface area (Å²) in [5, 5.41) is 0. The molecule has 0 radical (unpaired) electrons. The zero-order chi connectivity index (χ0) is 19.4. The molecule has 1 atom stereocenters. The summed E-state index contributed by atoms with van der Waals surface area (Å²) >= 11 is 0. The third-order valence-corrected chi connectivity index (χ3v) is 6.53. The smallest absolute Gasteiger partial charge is 0.222 e. The topological polar surface area (TPSA) is 52.2 Å². The maximum Gasteiger partial charge on any atom is 0.222 e. The van der Waals surface area contributed by atoms with Crippen molar-refractivity contribution in [2.24, 2.45) is 5.41 Å². The Morgan fingerprint density at radius 3 is 2.71 bits per heavy atom. The Bertz CT molecular complexity index is 770. The minimum Gasteiger partial charge on any atom is -0.348 e. The molecule has 0 bridgehead atoms. The van der Waals surface area contributed by atoms with E-state index in [-0.39, 0.29) is 5.41 Å². The van der Waals surface area contributed by atoms with Crippen LogP contribution in [0.5, 0.6) is 0 Å². The van der Waals surface area contributed by atoms with E-state index in [1.165, 1.54) is 30.5 Å². The van der Waals surface area contributed by atoms with Crippen LogP contribution in [0.25, 0.3) is 0 Å². The molecule has 2 aliphatic rings. The monoisotopic (exact) mass is 380 g/mol. The van der Waals surface area contributed by atoms with Gasteiger partial charge in [-0.2, -0.15) is 0 Å². The van der Waals surface area contributed by atoms with Gasteiger partial charge < -0.3 is 9.88 Å². The van der Waals surface area contributed by atoms with Gasteiger partial charge in [0.15, 0.2) is 0 Å². The third-order valence-electron chi connectivity index (χ3n) is 6.53. The number of carbonyl (C=O) groups is 1. The molecule has 1 aromatic carbocycles. The molecule has 28 heavy (non-hydrogen) atoms. The summed E-state index contributed by atoms with van der Waals surface area (Å²) in [6.07, 6.45) is 9.73. The number of H-pyrrole nitrogens is 1. The highest BCUT2D eigenvalue weighted by molar-refractivity contribution is 5.77. The largest absolute Gasteiger partial charge is 0.348 e. The summed E-state index contributed by atoms with van der Waals surface area (Å²) < 4.78 is 0. The van der Waals surface area contributed by atoms with Gasteiger partial charge in [0.05, 0.1) is 6.33 Å². The van der Waals surface area contributed by atoms with Gasteiger partial charge in [-0.25, -0.2) is 4.98 Å². The number of amides is 1. The summed E-state index contributed by atoms with van der Waals surface area (Å²) in [5.41, 5.74) is 4.17. The Balaban J connectivity index is 1.37. The second-order valence-corrected chi connectivity index (χ2v) is 8.63. The molecule has 0 aliphatic carbocycles. The Morgan fingerprint density at radius 2 is 1.96 bits per heavy atom. The van der Waals surface area contributed by atoms with Crippen LogP contribution in [0.15, 0.2) is 36.8 Å². The number of hydrogen-bond donors (Lipinski definition) is 1. The molecule has 1 amide bonds. The van der Waals surface area contributed by atoms with Gasteiger partial charge in [0.1, 0.15) is 0 Å². The average molecular weight is 381 g/mol. The number of aromatic amines is 1. The van der Waals surface area contributed by atoms with E-state index in [9.17, 15) is 4.79 Å².